The van der Waals surface area contributed by atoms with Crippen LogP contribution in [0.3, 0.4) is 0 Å². The van der Waals surface area contributed by atoms with Crippen molar-refractivity contribution in [3.63, 3.8) is 0 Å². The van der Waals surface area contributed by atoms with E-state index in [9.17, 15) is 0 Å². The first-order chi connectivity index (χ1) is 10.9. The van der Waals surface area contributed by atoms with Crippen LogP contribution in [-0.2, 0) is 12.8 Å². The molecule has 1 aromatic carbocycles. The minimum Gasteiger partial charge on any atom is -0.278 e. The van der Waals surface area contributed by atoms with Gasteiger partial charge in [-0.15, -0.1) is 0 Å². The SMILES string of the molecule is c1cc(-c2nc3ccc4[nH]ncc4c3c3c2CCCC3)cs1. The fourth-order valence-corrected chi connectivity index (χ4v) is 4.33. The van der Waals surface area contributed by atoms with Crippen LogP contribution in [0.4, 0.5) is 0 Å². The molecule has 22 heavy (non-hydrogen) atoms. The van der Waals surface area contributed by atoms with Gasteiger partial charge in [0.15, 0.2) is 0 Å². The van der Waals surface area contributed by atoms with Gasteiger partial charge >= 0.3 is 0 Å². The van der Waals surface area contributed by atoms with Crippen LogP contribution in [0, 0.1) is 0 Å². The molecule has 3 aromatic heterocycles. The van der Waals surface area contributed by atoms with E-state index in [-0.39, 0.29) is 0 Å². The van der Waals surface area contributed by atoms with Gasteiger partial charge in [0, 0.05) is 21.7 Å². The van der Waals surface area contributed by atoms with Crippen LogP contribution in [0.1, 0.15) is 24.0 Å². The third kappa shape index (κ3) is 1.67. The Bertz CT molecular complexity index is 983. The van der Waals surface area contributed by atoms with E-state index in [0.717, 1.165) is 23.9 Å². The topological polar surface area (TPSA) is 41.6 Å². The maximum absolute atomic E-state index is 5.03. The van der Waals surface area contributed by atoms with Gasteiger partial charge in [-0.2, -0.15) is 16.4 Å². The number of rotatable bonds is 1. The third-order valence-electron chi connectivity index (χ3n) is 4.68. The second-order valence-electron chi connectivity index (χ2n) is 5.93. The molecule has 0 amide bonds. The Morgan fingerprint density at radius 3 is 2.82 bits per heavy atom. The van der Waals surface area contributed by atoms with Crippen molar-refractivity contribution in [3.8, 4) is 11.3 Å². The van der Waals surface area contributed by atoms with Crippen LogP contribution in [0.2, 0.25) is 0 Å². The van der Waals surface area contributed by atoms with Gasteiger partial charge in [0.05, 0.1) is 22.9 Å². The Morgan fingerprint density at radius 1 is 1.05 bits per heavy atom. The van der Waals surface area contributed by atoms with E-state index in [1.54, 1.807) is 11.3 Å². The number of fused-ring (bicyclic) bond motifs is 5. The number of H-pyrrole nitrogens is 1. The van der Waals surface area contributed by atoms with Crippen LogP contribution >= 0.6 is 11.3 Å². The molecule has 0 saturated heterocycles. The van der Waals surface area contributed by atoms with Gasteiger partial charge in [0.2, 0.25) is 0 Å². The molecule has 0 aliphatic heterocycles. The van der Waals surface area contributed by atoms with Crippen molar-refractivity contribution >= 4 is 33.1 Å². The number of aromatic nitrogens is 3. The molecular formula is C18H15N3S. The summed E-state index contributed by atoms with van der Waals surface area (Å²) < 4.78 is 0. The zero-order valence-electron chi connectivity index (χ0n) is 12.1. The standard InChI is InChI=1S/C18H15N3S/c1-2-4-13-12(3-1)17-14-9-19-21-15(14)5-6-16(17)20-18(13)11-7-8-22-10-11/h5-10H,1-4H2,(H,19,21). The normalized spacial score (nSPS) is 14.5. The molecule has 1 N–H and O–H groups in total. The Balaban J connectivity index is 1.95. The lowest BCUT2D eigenvalue weighted by Gasteiger charge is -2.21. The van der Waals surface area contributed by atoms with Gasteiger partial charge in [-0.25, -0.2) is 4.98 Å². The summed E-state index contributed by atoms with van der Waals surface area (Å²) >= 11 is 1.74. The van der Waals surface area contributed by atoms with Crippen molar-refractivity contribution in [1.29, 1.82) is 0 Å². The summed E-state index contributed by atoms with van der Waals surface area (Å²) in [7, 11) is 0. The number of benzene rings is 1. The van der Waals surface area contributed by atoms with E-state index in [2.05, 4.69) is 39.2 Å². The number of thiophene rings is 1. The highest BCUT2D eigenvalue weighted by atomic mass is 32.1. The number of aromatic amines is 1. The summed E-state index contributed by atoms with van der Waals surface area (Å²) in [4.78, 5) is 5.03. The van der Waals surface area contributed by atoms with Gasteiger partial charge < -0.3 is 0 Å². The summed E-state index contributed by atoms with van der Waals surface area (Å²) in [6, 6.07) is 6.40. The molecular weight excluding hydrogens is 290 g/mol. The van der Waals surface area contributed by atoms with E-state index in [4.69, 9.17) is 4.98 Å². The van der Waals surface area contributed by atoms with E-state index in [1.165, 1.54) is 46.0 Å². The number of hydrogen-bond donors (Lipinski definition) is 1. The lowest BCUT2D eigenvalue weighted by Crippen LogP contribution is -2.07. The van der Waals surface area contributed by atoms with Crippen LogP contribution in [0.25, 0.3) is 33.1 Å². The predicted octanol–water partition coefficient (Wildman–Crippen LogP) is 4.72. The maximum Gasteiger partial charge on any atom is 0.0752 e. The highest BCUT2D eigenvalue weighted by molar-refractivity contribution is 7.08. The molecule has 0 fully saturated rings. The number of nitrogens with one attached hydrogen (secondary N) is 1. The first-order valence-corrected chi connectivity index (χ1v) is 8.66. The first-order valence-electron chi connectivity index (χ1n) is 7.72. The van der Waals surface area contributed by atoms with E-state index < -0.39 is 0 Å². The molecule has 4 heteroatoms. The Labute approximate surface area is 132 Å². The molecule has 108 valence electrons. The van der Waals surface area contributed by atoms with E-state index in [0.29, 0.717) is 0 Å². The minimum absolute atomic E-state index is 1.09. The summed E-state index contributed by atoms with van der Waals surface area (Å²) in [6.07, 6.45) is 6.76. The Kier molecular flexibility index (Phi) is 2.61. The number of hydrogen-bond acceptors (Lipinski definition) is 3. The summed E-state index contributed by atoms with van der Waals surface area (Å²) in [5.41, 5.74) is 7.58. The molecule has 4 aromatic rings. The molecule has 0 unspecified atom stereocenters. The van der Waals surface area contributed by atoms with E-state index >= 15 is 0 Å². The largest absolute Gasteiger partial charge is 0.278 e. The number of pyridine rings is 1. The van der Waals surface area contributed by atoms with Gasteiger partial charge in [0.1, 0.15) is 0 Å². The summed E-state index contributed by atoms with van der Waals surface area (Å²) in [6.45, 7) is 0. The van der Waals surface area contributed by atoms with Crippen molar-refractivity contribution in [2.45, 2.75) is 25.7 Å². The molecule has 3 heterocycles. The van der Waals surface area contributed by atoms with Crippen molar-refractivity contribution in [2.24, 2.45) is 0 Å². The van der Waals surface area contributed by atoms with Crippen LogP contribution in [0.15, 0.2) is 35.2 Å². The number of aryl methyl sites for hydroxylation is 1. The monoisotopic (exact) mass is 305 g/mol. The summed E-state index contributed by atoms with van der Waals surface area (Å²) in [5, 5.41) is 14.2. The fraction of sp³-hybridized carbons (Fsp3) is 0.222. The second kappa shape index (κ2) is 4.65. The zero-order valence-corrected chi connectivity index (χ0v) is 12.9. The van der Waals surface area contributed by atoms with E-state index in [1.807, 2.05) is 6.20 Å². The average molecular weight is 305 g/mol. The molecule has 1 aliphatic rings. The van der Waals surface area contributed by atoms with Gasteiger partial charge in [0.25, 0.3) is 0 Å². The smallest absolute Gasteiger partial charge is 0.0752 e. The van der Waals surface area contributed by atoms with Crippen LogP contribution in [0.5, 0.6) is 0 Å². The highest BCUT2D eigenvalue weighted by Crippen LogP contribution is 2.38. The third-order valence-corrected chi connectivity index (χ3v) is 5.37. The van der Waals surface area contributed by atoms with Crippen molar-refractivity contribution in [1.82, 2.24) is 15.2 Å². The van der Waals surface area contributed by atoms with Crippen molar-refractivity contribution < 1.29 is 0 Å². The Morgan fingerprint density at radius 2 is 1.95 bits per heavy atom. The number of nitrogens with zero attached hydrogens (tertiary/aromatic N) is 2. The Hall–Kier alpha value is -2.20. The average Bonchev–Trinajstić information content (AvgIpc) is 3.25. The molecule has 0 bridgehead atoms. The summed E-state index contributed by atoms with van der Waals surface area (Å²) in [5.74, 6) is 0. The lowest BCUT2D eigenvalue weighted by atomic mass is 9.86. The van der Waals surface area contributed by atoms with Gasteiger partial charge in [-0.1, -0.05) is 0 Å². The molecule has 5 rings (SSSR count). The maximum atomic E-state index is 5.03. The zero-order chi connectivity index (χ0) is 14.5. The van der Waals surface area contributed by atoms with Crippen molar-refractivity contribution in [2.75, 3.05) is 0 Å². The predicted molar refractivity (Wildman–Crippen MR) is 91.3 cm³/mol. The highest BCUT2D eigenvalue weighted by Gasteiger charge is 2.21. The lowest BCUT2D eigenvalue weighted by molar-refractivity contribution is 0.689. The van der Waals surface area contributed by atoms with Gasteiger partial charge in [-0.3, -0.25) is 5.10 Å². The quantitative estimate of drug-likeness (QED) is 0.553. The first kappa shape index (κ1) is 12.4. The molecule has 0 radical (unpaired) electrons. The minimum atomic E-state index is 1.09. The molecule has 0 saturated carbocycles. The van der Waals surface area contributed by atoms with Gasteiger partial charge in [-0.05, 0) is 60.4 Å². The molecule has 0 atom stereocenters. The van der Waals surface area contributed by atoms with Crippen LogP contribution in [-0.4, -0.2) is 15.2 Å². The fourth-order valence-electron chi connectivity index (χ4n) is 3.68. The second-order valence-corrected chi connectivity index (χ2v) is 6.71. The molecule has 1 aliphatic carbocycles. The van der Waals surface area contributed by atoms with Crippen LogP contribution < -0.4 is 0 Å². The molecule has 0 spiro atoms. The molecule has 3 nitrogen and oxygen atoms in total. The van der Waals surface area contributed by atoms with Crippen molar-refractivity contribution in [3.05, 3.63) is 46.3 Å².